The Labute approximate surface area is 115 Å². The van der Waals surface area contributed by atoms with Crippen molar-refractivity contribution in [3.8, 4) is 5.75 Å². The normalized spacial score (nSPS) is 11.3. The average Bonchev–Trinajstić information content (AvgIpc) is 2.37. The maximum atomic E-state index is 11.9. The number of nitrogens with two attached hydrogens (primary N) is 2. The number of ether oxygens (including phenoxy) is 2. The van der Waals surface area contributed by atoms with Crippen LogP contribution in [0.3, 0.4) is 0 Å². The Bertz CT molecular complexity index is 544. The smallest absolute Gasteiger partial charge is 0.341 e. The van der Waals surface area contributed by atoms with Gasteiger partial charge in [0.05, 0.1) is 18.4 Å². The van der Waals surface area contributed by atoms with Crippen molar-refractivity contribution in [1.82, 2.24) is 5.32 Å². The Hall–Kier alpha value is -2.77. The van der Waals surface area contributed by atoms with Crippen LogP contribution in [0.5, 0.6) is 5.75 Å². The van der Waals surface area contributed by atoms with E-state index in [1.807, 2.05) is 0 Å². The highest BCUT2D eigenvalue weighted by atomic mass is 16.5. The highest BCUT2D eigenvalue weighted by molar-refractivity contribution is 6.00. The summed E-state index contributed by atoms with van der Waals surface area (Å²) in [6.45, 7) is 1.30. The number of nitrogen functional groups attached to an aromatic ring is 1. The van der Waals surface area contributed by atoms with Crippen LogP contribution in [0, 0.1) is 0 Å². The van der Waals surface area contributed by atoms with E-state index in [-0.39, 0.29) is 11.3 Å². The minimum absolute atomic E-state index is 0.0584. The van der Waals surface area contributed by atoms with E-state index in [1.54, 1.807) is 17.4 Å². The van der Waals surface area contributed by atoms with Gasteiger partial charge in [-0.3, -0.25) is 10.1 Å². The molecule has 1 unspecified atom stereocenters. The van der Waals surface area contributed by atoms with E-state index in [9.17, 15) is 14.4 Å². The Morgan fingerprint density at radius 2 is 1.95 bits per heavy atom. The molecule has 8 nitrogen and oxygen atoms in total. The number of anilines is 1. The molecule has 0 aliphatic rings. The lowest BCUT2D eigenvalue weighted by atomic mass is 10.1. The van der Waals surface area contributed by atoms with Crippen molar-refractivity contribution in [2.75, 3.05) is 12.8 Å². The van der Waals surface area contributed by atoms with Gasteiger partial charge in [0.25, 0.3) is 5.91 Å². The second-order valence-electron chi connectivity index (χ2n) is 3.82. The first-order valence-corrected chi connectivity index (χ1v) is 5.60. The topological polar surface area (TPSA) is 134 Å². The van der Waals surface area contributed by atoms with Crippen molar-refractivity contribution in [2.24, 2.45) is 5.73 Å². The second-order valence-corrected chi connectivity index (χ2v) is 3.82. The number of urea groups is 1. The molecule has 1 aromatic rings. The fraction of sp³-hybridized carbons (Fsp3) is 0.250. The number of nitrogens with one attached hydrogen (secondary N) is 1. The van der Waals surface area contributed by atoms with Gasteiger partial charge in [-0.2, -0.15) is 0 Å². The largest absolute Gasteiger partial charge is 0.495 e. The molecular formula is C12H15N3O5. The van der Waals surface area contributed by atoms with Gasteiger partial charge in [-0.25, -0.2) is 9.59 Å². The average molecular weight is 281 g/mol. The standard InChI is InChI=1S/C12H15N3O5/c1-6(10(16)15-12(14)18)20-11(17)7-4-3-5-8(19-2)9(7)13/h3-6H,13H2,1-2H3,(H3,14,15,16,18). The molecule has 0 bridgehead atoms. The maximum Gasteiger partial charge on any atom is 0.341 e. The number of esters is 1. The molecule has 1 aromatic carbocycles. The fourth-order valence-corrected chi connectivity index (χ4v) is 1.40. The monoisotopic (exact) mass is 281 g/mol. The number of imide groups is 1. The molecule has 0 spiro atoms. The third-order valence-corrected chi connectivity index (χ3v) is 2.41. The van der Waals surface area contributed by atoms with Gasteiger partial charge in [0.1, 0.15) is 5.75 Å². The molecular weight excluding hydrogens is 266 g/mol. The van der Waals surface area contributed by atoms with Crippen LogP contribution in [0.1, 0.15) is 17.3 Å². The molecule has 8 heteroatoms. The Morgan fingerprint density at radius 1 is 1.30 bits per heavy atom. The second kappa shape index (κ2) is 6.41. The first-order valence-electron chi connectivity index (χ1n) is 5.60. The zero-order valence-corrected chi connectivity index (χ0v) is 11.0. The lowest BCUT2D eigenvalue weighted by molar-refractivity contribution is -0.127. The minimum Gasteiger partial charge on any atom is -0.495 e. The van der Waals surface area contributed by atoms with Gasteiger partial charge in [0.2, 0.25) is 0 Å². The van der Waals surface area contributed by atoms with Gasteiger partial charge in [-0.1, -0.05) is 6.07 Å². The number of rotatable bonds is 4. The Kier molecular flexibility index (Phi) is 4.90. The van der Waals surface area contributed by atoms with Crippen molar-refractivity contribution >= 4 is 23.6 Å². The minimum atomic E-state index is -1.19. The highest BCUT2D eigenvalue weighted by Crippen LogP contribution is 2.25. The summed E-state index contributed by atoms with van der Waals surface area (Å²) in [5.41, 5.74) is 10.7. The number of hydrogen-bond acceptors (Lipinski definition) is 6. The molecule has 0 saturated carbocycles. The molecule has 0 heterocycles. The van der Waals surface area contributed by atoms with Gasteiger partial charge < -0.3 is 20.9 Å². The summed E-state index contributed by atoms with van der Waals surface area (Å²) >= 11 is 0. The molecule has 0 fully saturated rings. The molecule has 108 valence electrons. The maximum absolute atomic E-state index is 11.9. The van der Waals surface area contributed by atoms with Crippen LogP contribution < -0.4 is 21.5 Å². The van der Waals surface area contributed by atoms with Gasteiger partial charge in [-0.05, 0) is 19.1 Å². The highest BCUT2D eigenvalue weighted by Gasteiger charge is 2.22. The van der Waals surface area contributed by atoms with Crippen molar-refractivity contribution in [3.63, 3.8) is 0 Å². The van der Waals surface area contributed by atoms with Crippen LogP contribution >= 0.6 is 0 Å². The van der Waals surface area contributed by atoms with Crippen LogP contribution in [0.15, 0.2) is 18.2 Å². The lowest BCUT2D eigenvalue weighted by Crippen LogP contribution is -2.42. The van der Waals surface area contributed by atoms with E-state index in [4.69, 9.17) is 20.9 Å². The van der Waals surface area contributed by atoms with Crippen LogP contribution in [0.2, 0.25) is 0 Å². The Balaban J connectivity index is 2.81. The number of para-hydroxylation sites is 1. The molecule has 0 aromatic heterocycles. The molecule has 3 amide bonds. The van der Waals surface area contributed by atoms with Crippen molar-refractivity contribution in [3.05, 3.63) is 23.8 Å². The van der Waals surface area contributed by atoms with E-state index >= 15 is 0 Å². The van der Waals surface area contributed by atoms with E-state index in [0.717, 1.165) is 0 Å². The van der Waals surface area contributed by atoms with Crippen LogP contribution in [0.4, 0.5) is 10.5 Å². The summed E-state index contributed by atoms with van der Waals surface area (Å²) in [5, 5.41) is 1.80. The van der Waals surface area contributed by atoms with Crippen LogP contribution in [0.25, 0.3) is 0 Å². The number of benzene rings is 1. The summed E-state index contributed by atoms with van der Waals surface area (Å²) in [4.78, 5) is 33.8. The zero-order valence-electron chi connectivity index (χ0n) is 11.0. The summed E-state index contributed by atoms with van der Waals surface area (Å²) in [7, 11) is 1.41. The summed E-state index contributed by atoms with van der Waals surface area (Å²) in [6.07, 6.45) is -1.19. The SMILES string of the molecule is COc1cccc(C(=O)OC(C)C(=O)NC(N)=O)c1N. The van der Waals surface area contributed by atoms with Crippen molar-refractivity contribution < 1.29 is 23.9 Å². The molecule has 0 radical (unpaired) electrons. The number of carbonyl (C=O) groups is 3. The molecule has 1 atom stereocenters. The predicted molar refractivity (Wildman–Crippen MR) is 70.0 cm³/mol. The number of primary amides is 1. The zero-order chi connectivity index (χ0) is 15.3. The predicted octanol–water partition coefficient (Wildman–Crippen LogP) is 0.0176. The quantitative estimate of drug-likeness (QED) is 0.526. The first kappa shape index (κ1) is 15.3. The number of methoxy groups -OCH3 is 1. The van der Waals surface area contributed by atoms with Crippen LogP contribution in [-0.2, 0) is 9.53 Å². The third-order valence-electron chi connectivity index (χ3n) is 2.41. The number of amides is 3. The van der Waals surface area contributed by atoms with Crippen LogP contribution in [-0.4, -0.2) is 31.1 Å². The molecule has 0 saturated heterocycles. The van der Waals surface area contributed by atoms with E-state index in [0.29, 0.717) is 5.75 Å². The third kappa shape index (κ3) is 3.61. The number of hydrogen-bond donors (Lipinski definition) is 3. The van der Waals surface area contributed by atoms with Gasteiger partial charge >= 0.3 is 12.0 Å². The Morgan fingerprint density at radius 3 is 2.50 bits per heavy atom. The summed E-state index contributed by atoms with van der Waals surface area (Å²) in [5.74, 6) is -1.32. The van der Waals surface area contributed by atoms with Gasteiger partial charge in [0.15, 0.2) is 6.10 Å². The fourth-order valence-electron chi connectivity index (χ4n) is 1.40. The summed E-state index contributed by atoms with van der Waals surface area (Å²) in [6, 6.07) is 3.53. The first-order chi connectivity index (χ1) is 9.36. The van der Waals surface area contributed by atoms with Gasteiger partial charge in [-0.15, -0.1) is 0 Å². The molecule has 1 rings (SSSR count). The molecule has 5 N–H and O–H groups in total. The molecule has 0 aliphatic heterocycles. The van der Waals surface area contributed by atoms with E-state index < -0.39 is 24.0 Å². The van der Waals surface area contributed by atoms with E-state index in [2.05, 4.69) is 0 Å². The molecule has 0 aliphatic carbocycles. The van der Waals surface area contributed by atoms with Crippen molar-refractivity contribution in [2.45, 2.75) is 13.0 Å². The summed E-state index contributed by atoms with van der Waals surface area (Å²) < 4.78 is 9.85. The number of carbonyl (C=O) groups excluding carboxylic acids is 3. The lowest BCUT2D eigenvalue weighted by Gasteiger charge is -2.14. The molecule has 20 heavy (non-hydrogen) atoms. The van der Waals surface area contributed by atoms with Crippen molar-refractivity contribution in [1.29, 1.82) is 0 Å². The van der Waals surface area contributed by atoms with Gasteiger partial charge in [0, 0.05) is 0 Å². The van der Waals surface area contributed by atoms with E-state index in [1.165, 1.54) is 20.1 Å².